The molecule has 4 rings (SSSR count). The summed E-state index contributed by atoms with van der Waals surface area (Å²) in [5, 5.41) is 5.04. The van der Waals surface area contributed by atoms with E-state index in [4.69, 9.17) is 0 Å². The van der Waals surface area contributed by atoms with Gasteiger partial charge in [-0.3, -0.25) is 4.79 Å². The van der Waals surface area contributed by atoms with Crippen LogP contribution in [-0.4, -0.2) is 43.5 Å². The third-order valence-corrected chi connectivity index (χ3v) is 9.08. The lowest BCUT2D eigenvalue weighted by Gasteiger charge is -2.31. The van der Waals surface area contributed by atoms with Gasteiger partial charge in [-0.05, 0) is 55.9 Å². The number of carbonyl (C=O) groups is 1. The molecule has 0 atom stereocenters. The van der Waals surface area contributed by atoms with E-state index in [0.29, 0.717) is 25.6 Å². The molecule has 1 aliphatic heterocycles. The predicted molar refractivity (Wildman–Crippen MR) is 94.5 cm³/mol. The Morgan fingerprint density at radius 2 is 1.96 bits per heavy atom. The van der Waals surface area contributed by atoms with Crippen LogP contribution in [0.15, 0.2) is 17.5 Å². The third-order valence-electron chi connectivity index (χ3n) is 5.61. The number of hydrogen-bond acceptors (Lipinski definition) is 4. The number of piperidine rings is 1. The standard InChI is InChI=1S/C17H24N2O3S2/c20-16(17(7-8-17)15-2-1-11-23-15)18-12-13-5-9-19(10-6-13)24(21,22)14-3-4-14/h1-2,11,13-14H,3-10,12H2,(H,18,20). The molecule has 0 aromatic carbocycles. The Morgan fingerprint density at radius 3 is 2.50 bits per heavy atom. The van der Waals surface area contributed by atoms with E-state index < -0.39 is 10.0 Å². The van der Waals surface area contributed by atoms with Crippen LogP contribution in [-0.2, 0) is 20.2 Å². The fourth-order valence-corrected chi connectivity index (χ4v) is 6.47. The highest BCUT2D eigenvalue weighted by Gasteiger charge is 2.52. The van der Waals surface area contributed by atoms with Crippen LogP contribution in [0.2, 0.25) is 0 Å². The van der Waals surface area contributed by atoms with E-state index in [2.05, 4.69) is 11.4 Å². The van der Waals surface area contributed by atoms with Gasteiger partial charge in [-0.1, -0.05) is 6.07 Å². The second-order valence-corrected chi connectivity index (χ2v) is 10.5. The summed E-state index contributed by atoms with van der Waals surface area (Å²) in [4.78, 5) is 13.8. The van der Waals surface area contributed by atoms with Crippen molar-refractivity contribution in [3.05, 3.63) is 22.4 Å². The van der Waals surface area contributed by atoms with Crippen molar-refractivity contribution in [1.29, 1.82) is 0 Å². The Bertz CT molecular complexity index is 698. The molecule has 0 unspecified atom stereocenters. The van der Waals surface area contributed by atoms with Crippen molar-refractivity contribution in [2.24, 2.45) is 5.92 Å². The molecule has 1 aromatic rings. The van der Waals surface area contributed by atoms with E-state index in [-0.39, 0.29) is 16.6 Å². The Morgan fingerprint density at radius 1 is 1.25 bits per heavy atom. The molecule has 7 heteroatoms. The topological polar surface area (TPSA) is 66.5 Å². The molecule has 3 fully saturated rings. The van der Waals surface area contributed by atoms with Crippen molar-refractivity contribution in [1.82, 2.24) is 9.62 Å². The van der Waals surface area contributed by atoms with Crippen molar-refractivity contribution in [3.63, 3.8) is 0 Å². The summed E-state index contributed by atoms with van der Waals surface area (Å²) in [6, 6.07) is 4.06. The van der Waals surface area contributed by atoms with Gasteiger partial charge in [0.2, 0.25) is 15.9 Å². The molecule has 1 saturated heterocycles. The average Bonchev–Trinajstić information content (AvgIpc) is 3.52. The Hall–Kier alpha value is -0.920. The van der Waals surface area contributed by atoms with E-state index in [1.54, 1.807) is 15.6 Å². The van der Waals surface area contributed by atoms with E-state index in [1.807, 2.05) is 11.4 Å². The van der Waals surface area contributed by atoms with Crippen LogP contribution in [0, 0.1) is 5.92 Å². The monoisotopic (exact) mass is 368 g/mol. The van der Waals surface area contributed by atoms with Gasteiger partial charge in [0.15, 0.2) is 0 Å². The molecule has 132 valence electrons. The minimum atomic E-state index is -3.04. The third kappa shape index (κ3) is 3.02. The first-order chi connectivity index (χ1) is 11.5. The van der Waals surface area contributed by atoms with E-state index >= 15 is 0 Å². The lowest BCUT2D eigenvalue weighted by Crippen LogP contribution is -2.44. The van der Waals surface area contributed by atoms with Crippen LogP contribution in [0.1, 0.15) is 43.4 Å². The number of sulfonamides is 1. The summed E-state index contributed by atoms with van der Waals surface area (Å²) in [7, 11) is -3.04. The Kier molecular flexibility index (Phi) is 4.21. The van der Waals surface area contributed by atoms with E-state index in [1.165, 1.54) is 4.88 Å². The summed E-state index contributed by atoms with van der Waals surface area (Å²) < 4.78 is 26.2. The summed E-state index contributed by atoms with van der Waals surface area (Å²) in [6.45, 7) is 1.88. The molecule has 2 heterocycles. The van der Waals surface area contributed by atoms with Crippen LogP contribution >= 0.6 is 11.3 Å². The van der Waals surface area contributed by atoms with Gasteiger partial charge in [-0.2, -0.15) is 0 Å². The van der Waals surface area contributed by atoms with Gasteiger partial charge in [0.1, 0.15) is 0 Å². The van der Waals surface area contributed by atoms with Crippen molar-refractivity contribution in [2.45, 2.75) is 49.2 Å². The highest BCUT2D eigenvalue weighted by atomic mass is 32.2. The van der Waals surface area contributed by atoms with Crippen LogP contribution in [0.4, 0.5) is 0 Å². The number of amides is 1. The summed E-state index contributed by atoms with van der Waals surface area (Å²) in [5.41, 5.74) is -0.274. The quantitative estimate of drug-likeness (QED) is 0.836. The predicted octanol–water partition coefficient (Wildman–Crippen LogP) is 2.10. The fraction of sp³-hybridized carbons (Fsp3) is 0.706. The molecule has 0 spiro atoms. The van der Waals surface area contributed by atoms with Crippen LogP contribution in [0.25, 0.3) is 0 Å². The maximum atomic E-state index is 12.6. The molecule has 2 saturated carbocycles. The first kappa shape index (κ1) is 16.5. The van der Waals surface area contributed by atoms with Gasteiger partial charge in [0.05, 0.1) is 10.7 Å². The number of hydrogen-bond donors (Lipinski definition) is 1. The minimum Gasteiger partial charge on any atom is -0.355 e. The van der Waals surface area contributed by atoms with Crippen LogP contribution < -0.4 is 5.32 Å². The average molecular weight is 369 g/mol. The smallest absolute Gasteiger partial charge is 0.231 e. The van der Waals surface area contributed by atoms with Gasteiger partial charge in [0.25, 0.3) is 0 Å². The highest BCUT2D eigenvalue weighted by Crippen LogP contribution is 2.50. The van der Waals surface area contributed by atoms with E-state index in [9.17, 15) is 13.2 Å². The van der Waals surface area contributed by atoms with E-state index in [0.717, 1.165) is 38.5 Å². The summed E-state index contributed by atoms with van der Waals surface area (Å²) >= 11 is 1.66. The van der Waals surface area contributed by atoms with Gasteiger partial charge in [-0.15, -0.1) is 11.3 Å². The number of nitrogens with one attached hydrogen (secondary N) is 1. The highest BCUT2D eigenvalue weighted by molar-refractivity contribution is 7.90. The molecule has 1 amide bonds. The fourth-order valence-electron chi connectivity index (χ4n) is 3.61. The van der Waals surface area contributed by atoms with Crippen LogP contribution in [0.5, 0.6) is 0 Å². The van der Waals surface area contributed by atoms with Crippen molar-refractivity contribution in [3.8, 4) is 0 Å². The van der Waals surface area contributed by atoms with Gasteiger partial charge in [0, 0.05) is 24.5 Å². The Balaban J connectivity index is 1.27. The first-order valence-electron chi connectivity index (χ1n) is 8.84. The zero-order valence-electron chi connectivity index (χ0n) is 13.7. The van der Waals surface area contributed by atoms with Crippen molar-refractivity contribution < 1.29 is 13.2 Å². The lowest BCUT2D eigenvalue weighted by atomic mass is 9.97. The second kappa shape index (κ2) is 6.11. The molecule has 0 bridgehead atoms. The number of thiophene rings is 1. The SMILES string of the molecule is O=C(NCC1CCN(S(=O)(=O)C2CC2)CC1)C1(c2cccs2)CC1. The minimum absolute atomic E-state index is 0.116. The van der Waals surface area contributed by atoms with Crippen molar-refractivity contribution >= 4 is 27.3 Å². The molecule has 1 N–H and O–H groups in total. The molecule has 5 nitrogen and oxygen atoms in total. The molecule has 0 radical (unpaired) electrons. The summed E-state index contributed by atoms with van der Waals surface area (Å²) in [6.07, 6.45) is 5.22. The molecular formula is C17H24N2O3S2. The largest absolute Gasteiger partial charge is 0.355 e. The molecular weight excluding hydrogens is 344 g/mol. The second-order valence-electron chi connectivity index (χ2n) is 7.36. The van der Waals surface area contributed by atoms with Gasteiger partial charge >= 0.3 is 0 Å². The molecule has 3 aliphatic rings. The van der Waals surface area contributed by atoms with Gasteiger partial charge in [-0.25, -0.2) is 12.7 Å². The number of nitrogens with zero attached hydrogens (tertiary/aromatic N) is 1. The zero-order chi connectivity index (χ0) is 16.8. The summed E-state index contributed by atoms with van der Waals surface area (Å²) in [5.74, 6) is 0.539. The maximum Gasteiger partial charge on any atom is 0.231 e. The molecule has 24 heavy (non-hydrogen) atoms. The van der Waals surface area contributed by atoms with Crippen molar-refractivity contribution in [2.75, 3.05) is 19.6 Å². The number of rotatable bonds is 6. The maximum absolute atomic E-state index is 12.6. The Labute approximate surface area is 147 Å². The molecule has 1 aromatic heterocycles. The number of carbonyl (C=O) groups excluding carboxylic acids is 1. The van der Waals surface area contributed by atoms with Crippen LogP contribution in [0.3, 0.4) is 0 Å². The zero-order valence-corrected chi connectivity index (χ0v) is 15.4. The molecule has 2 aliphatic carbocycles. The normalized spacial score (nSPS) is 24.7. The van der Waals surface area contributed by atoms with Gasteiger partial charge < -0.3 is 5.32 Å². The lowest BCUT2D eigenvalue weighted by molar-refractivity contribution is -0.123. The first-order valence-corrected chi connectivity index (χ1v) is 11.2.